The highest BCUT2D eigenvalue weighted by atomic mass is 35.5. The zero-order valence-corrected chi connectivity index (χ0v) is 12.6. The summed E-state index contributed by atoms with van der Waals surface area (Å²) in [6.45, 7) is 5.73. The van der Waals surface area contributed by atoms with Gasteiger partial charge in [-0.25, -0.2) is 4.98 Å². The van der Waals surface area contributed by atoms with Crippen molar-refractivity contribution in [2.24, 2.45) is 0 Å². The van der Waals surface area contributed by atoms with E-state index in [0.717, 1.165) is 16.3 Å². The van der Waals surface area contributed by atoms with Gasteiger partial charge in [0, 0.05) is 16.6 Å². The van der Waals surface area contributed by atoms with E-state index in [1.807, 2.05) is 45.0 Å². The molecular formula is C14H15ClN2OS. The average molecular weight is 295 g/mol. The van der Waals surface area contributed by atoms with Crippen LogP contribution in [0.15, 0.2) is 24.3 Å². The molecule has 1 aromatic carbocycles. The normalized spacial score (nSPS) is 10.8. The molecule has 100 valence electrons. The minimum atomic E-state index is -0.0646. The maximum absolute atomic E-state index is 12.0. The summed E-state index contributed by atoms with van der Waals surface area (Å²) in [5.41, 5.74) is 1.73. The van der Waals surface area contributed by atoms with E-state index in [1.165, 1.54) is 11.3 Å². The summed E-state index contributed by atoms with van der Waals surface area (Å²) in [7, 11) is 0. The van der Waals surface area contributed by atoms with Crippen molar-refractivity contribution in [2.45, 2.75) is 26.8 Å². The van der Waals surface area contributed by atoms with Crippen LogP contribution >= 0.6 is 22.9 Å². The molecule has 3 nitrogen and oxygen atoms in total. The molecule has 1 aromatic heterocycles. The zero-order chi connectivity index (χ0) is 14.0. The van der Waals surface area contributed by atoms with Crippen molar-refractivity contribution in [2.75, 3.05) is 0 Å². The number of aryl methyl sites for hydroxylation is 1. The zero-order valence-electron chi connectivity index (χ0n) is 11.0. The number of hydrogen-bond acceptors (Lipinski definition) is 3. The maximum Gasteiger partial charge on any atom is 0.263 e. The van der Waals surface area contributed by atoms with E-state index in [4.69, 9.17) is 11.6 Å². The van der Waals surface area contributed by atoms with E-state index in [1.54, 1.807) is 0 Å². The summed E-state index contributed by atoms with van der Waals surface area (Å²) >= 11 is 7.26. The lowest BCUT2D eigenvalue weighted by Crippen LogP contribution is -2.29. The molecule has 0 saturated carbocycles. The minimum Gasteiger partial charge on any atom is -0.349 e. The summed E-state index contributed by atoms with van der Waals surface area (Å²) in [4.78, 5) is 17.1. The Balaban J connectivity index is 2.30. The van der Waals surface area contributed by atoms with Crippen LogP contribution in [0.5, 0.6) is 0 Å². The standard InChI is InChI=1S/C14H15ClN2OS/c1-8(2)16-13(18)12-9(3)17-14(19-12)10-4-6-11(15)7-5-10/h4-8H,1-3H3,(H,16,18). The van der Waals surface area contributed by atoms with Crippen molar-refractivity contribution in [1.29, 1.82) is 0 Å². The number of nitrogens with zero attached hydrogens (tertiary/aromatic N) is 1. The second-order valence-electron chi connectivity index (χ2n) is 4.57. The molecule has 2 rings (SSSR count). The molecule has 0 atom stereocenters. The Bertz CT molecular complexity index is 590. The molecule has 0 aliphatic rings. The van der Waals surface area contributed by atoms with E-state index >= 15 is 0 Å². The SMILES string of the molecule is Cc1nc(-c2ccc(Cl)cc2)sc1C(=O)NC(C)C. The third-order valence-corrected chi connectivity index (χ3v) is 3.97. The fourth-order valence-corrected chi connectivity index (χ4v) is 2.75. The molecule has 0 fully saturated rings. The van der Waals surface area contributed by atoms with Gasteiger partial charge >= 0.3 is 0 Å². The van der Waals surface area contributed by atoms with E-state index in [-0.39, 0.29) is 11.9 Å². The van der Waals surface area contributed by atoms with Crippen molar-refractivity contribution in [3.05, 3.63) is 39.9 Å². The average Bonchev–Trinajstić information content (AvgIpc) is 2.71. The van der Waals surface area contributed by atoms with Gasteiger partial charge in [0.15, 0.2) is 0 Å². The van der Waals surface area contributed by atoms with Crippen LogP contribution in [0.3, 0.4) is 0 Å². The smallest absolute Gasteiger partial charge is 0.263 e. The first-order valence-corrected chi connectivity index (χ1v) is 7.21. The Kier molecular flexibility index (Phi) is 4.22. The monoisotopic (exact) mass is 294 g/mol. The summed E-state index contributed by atoms with van der Waals surface area (Å²) in [6, 6.07) is 7.58. The van der Waals surface area contributed by atoms with Crippen LogP contribution in [0, 0.1) is 6.92 Å². The van der Waals surface area contributed by atoms with E-state index < -0.39 is 0 Å². The first-order chi connectivity index (χ1) is 8.97. The van der Waals surface area contributed by atoms with Crippen LogP contribution in [-0.2, 0) is 0 Å². The van der Waals surface area contributed by atoms with Crippen LogP contribution in [0.1, 0.15) is 29.2 Å². The summed E-state index contributed by atoms with van der Waals surface area (Å²) < 4.78 is 0. The number of carbonyl (C=O) groups excluding carboxylic acids is 1. The largest absolute Gasteiger partial charge is 0.349 e. The number of thiazole rings is 1. The molecule has 1 amide bonds. The van der Waals surface area contributed by atoms with Crippen molar-refractivity contribution in [1.82, 2.24) is 10.3 Å². The van der Waals surface area contributed by atoms with Crippen LogP contribution < -0.4 is 5.32 Å². The fraction of sp³-hybridized carbons (Fsp3) is 0.286. The molecule has 0 bridgehead atoms. The van der Waals surface area contributed by atoms with E-state index in [2.05, 4.69) is 10.3 Å². The van der Waals surface area contributed by atoms with Gasteiger partial charge in [0.2, 0.25) is 0 Å². The van der Waals surface area contributed by atoms with Gasteiger partial charge in [-0.05, 0) is 32.9 Å². The number of hydrogen-bond donors (Lipinski definition) is 1. The molecule has 1 N–H and O–H groups in total. The van der Waals surface area contributed by atoms with Gasteiger partial charge in [0.1, 0.15) is 9.88 Å². The third-order valence-electron chi connectivity index (χ3n) is 2.51. The Hall–Kier alpha value is -1.39. The van der Waals surface area contributed by atoms with Crippen LogP contribution in [-0.4, -0.2) is 16.9 Å². The predicted octanol–water partition coefficient (Wildman–Crippen LogP) is 3.91. The lowest BCUT2D eigenvalue weighted by Gasteiger charge is -2.06. The molecule has 19 heavy (non-hydrogen) atoms. The number of halogens is 1. The number of aromatic nitrogens is 1. The highest BCUT2D eigenvalue weighted by molar-refractivity contribution is 7.17. The van der Waals surface area contributed by atoms with Crippen molar-refractivity contribution >= 4 is 28.8 Å². The molecule has 0 spiro atoms. The van der Waals surface area contributed by atoms with Crippen LogP contribution in [0.4, 0.5) is 0 Å². The number of rotatable bonds is 3. The van der Waals surface area contributed by atoms with Gasteiger partial charge in [-0.2, -0.15) is 0 Å². The number of carbonyl (C=O) groups is 1. The number of benzene rings is 1. The van der Waals surface area contributed by atoms with Crippen molar-refractivity contribution < 1.29 is 4.79 Å². The second kappa shape index (κ2) is 5.72. The quantitative estimate of drug-likeness (QED) is 0.932. The summed E-state index contributed by atoms with van der Waals surface area (Å²) in [5, 5.41) is 4.41. The Labute approximate surface area is 121 Å². The molecule has 2 aromatic rings. The van der Waals surface area contributed by atoms with Gasteiger partial charge in [-0.15, -0.1) is 11.3 Å². The maximum atomic E-state index is 12.0. The summed E-state index contributed by atoms with van der Waals surface area (Å²) in [5.74, 6) is -0.0646. The highest BCUT2D eigenvalue weighted by Gasteiger charge is 2.16. The molecule has 0 saturated heterocycles. The molecule has 0 aliphatic heterocycles. The van der Waals surface area contributed by atoms with Gasteiger partial charge in [0.25, 0.3) is 5.91 Å². The Morgan fingerprint density at radius 1 is 1.32 bits per heavy atom. The Morgan fingerprint density at radius 3 is 2.53 bits per heavy atom. The number of nitrogens with one attached hydrogen (secondary N) is 1. The summed E-state index contributed by atoms with van der Waals surface area (Å²) in [6.07, 6.45) is 0. The van der Waals surface area contributed by atoms with Crippen molar-refractivity contribution in [3.8, 4) is 10.6 Å². The molecule has 0 unspecified atom stereocenters. The van der Waals surface area contributed by atoms with E-state index in [0.29, 0.717) is 9.90 Å². The van der Waals surface area contributed by atoms with Gasteiger partial charge in [-0.3, -0.25) is 4.79 Å². The van der Waals surface area contributed by atoms with Crippen molar-refractivity contribution in [3.63, 3.8) is 0 Å². The topological polar surface area (TPSA) is 42.0 Å². The third kappa shape index (κ3) is 3.33. The highest BCUT2D eigenvalue weighted by Crippen LogP contribution is 2.28. The lowest BCUT2D eigenvalue weighted by molar-refractivity contribution is 0.0946. The first-order valence-electron chi connectivity index (χ1n) is 6.01. The molecule has 1 heterocycles. The fourth-order valence-electron chi connectivity index (χ4n) is 1.65. The molecule has 0 radical (unpaired) electrons. The molecular weight excluding hydrogens is 280 g/mol. The van der Waals surface area contributed by atoms with Crippen LogP contribution in [0.25, 0.3) is 10.6 Å². The lowest BCUT2D eigenvalue weighted by atomic mass is 10.2. The number of amides is 1. The molecule has 0 aliphatic carbocycles. The first kappa shape index (κ1) is 14.0. The van der Waals surface area contributed by atoms with Crippen LogP contribution in [0.2, 0.25) is 5.02 Å². The van der Waals surface area contributed by atoms with Gasteiger partial charge in [-0.1, -0.05) is 23.7 Å². The molecule has 5 heteroatoms. The predicted molar refractivity (Wildman–Crippen MR) is 79.9 cm³/mol. The Morgan fingerprint density at radius 2 is 1.95 bits per heavy atom. The van der Waals surface area contributed by atoms with E-state index in [9.17, 15) is 4.79 Å². The van der Waals surface area contributed by atoms with Gasteiger partial charge < -0.3 is 5.32 Å². The second-order valence-corrected chi connectivity index (χ2v) is 6.00. The minimum absolute atomic E-state index is 0.0646. The van der Waals surface area contributed by atoms with Gasteiger partial charge in [0.05, 0.1) is 5.69 Å².